The van der Waals surface area contributed by atoms with Gasteiger partial charge in [-0.3, -0.25) is 9.59 Å². The van der Waals surface area contributed by atoms with E-state index >= 15 is 0 Å². The van der Waals surface area contributed by atoms with Crippen LogP contribution < -0.4 is 10.2 Å². The van der Waals surface area contributed by atoms with Gasteiger partial charge in [0.25, 0.3) is 5.91 Å². The first-order valence-corrected chi connectivity index (χ1v) is 9.15. The van der Waals surface area contributed by atoms with Gasteiger partial charge >= 0.3 is 0 Å². The van der Waals surface area contributed by atoms with Crippen LogP contribution in [-0.4, -0.2) is 25.4 Å². The van der Waals surface area contributed by atoms with Crippen LogP contribution >= 0.6 is 11.3 Å². The Labute approximate surface area is 151 Å². The number of carbonyl (C=O) groups excluding carboxylic acids is 2. The van der Waals surface area contributed by atoms with Crippen molar-refractivity contribution in [3.8, 4) is 0 Å². The molecule has 4 nitrogen and oxygen atoms in total. The van der Waals surface area contributed by atoms with Crippen molar-refractivity contribution in [2.45, 2.75) is 12.8 Å². The minimum absolute atomic E-state index is 0.0417. The summed E-state index contributed by atoms with van der Waals surface area (Å²) in [4.78, 5) is 25.9. The summed E-state index contributed by atoms with van der Waals surface area (Å²) in [7, 11) is 1.79. The molecule has 5 heteroatoms. The second kappa shape index (κ2) is 7.94. The van der Waals surface area contributed by atoms with Gasteiger partial charge in [-0.05, 0) is 40.8 Å². The lowest BCUT2D eigenvalue weighted by Crippen LogP contribution is -2.28. The van der Waals surface area contributed by atoms with E-state index in [-0.39, 0.29) is 11.8 Å². The zero-order valence-electron chi connectivity index (χ0n) is 14.1. The van der Waals surface area contributed by atoms with E-state index in [1.165, 1.54) is 11.3 Å². The third-order valence-electron chi connectivity index (χ3n) is 4.13. The van der Waals surface area contributed by atoms with Crippen LogP contribution in [0.3, 0.4) is 0 Å². The summed E-state index contributed by atoms with van der Waals surface area (Å²) in [5, 5.41) is 8.80. The van der Waals surface area contributed by atoms with Crippen molar-refractivity contribution < 1.29 is 9.59 Å². The van der Waals surface area contributed by atoms with Gasteiger partial charge in [0.1, 0.15) is 0 Å². The summed E-state index contributed by atoms with van der Waals surface area (Å²) in [6.07, 6.45) is 1.01. The van der Waals surface area contributed by atoms with E-state index in [0.29, 0.717) is 24.9 Å². The molecule has 3 aromatic rings. The number of hydrogen-bond donors (Lipinski definition) is 1. The van der Waals surface area contributed by atoms with Gasteiger partial charge in [-0.2, -0.15) is 11.3 Å². The maximum absolute atomic E-state index is 12.4. The third-order valence-corrected chi connectivity index (χ3v) is 4.81. The molecule has 0 unspecified atom stereocenters. The van der Waals surface area contributed by atoms with Crippen molar-refractivity contribution in [3.63, 3.8) is 0 Å². The Balaban J connectivity index is 1.51. The Morgan fingerprint density at radius 1 is 1.08 bits per heavy atom. The zero-order valence-corrected chi connectivity index (χ0v) is 14.9. The highest BCUT2D eigenvalue weighted by Gasteiger charge is 2.11. The molecule has 0 aliphatic heterocycles. The van der Waals surface area contributed by atoms with Gasteiger partial charge in [0.15, 0.2) is 0 Å². The highest BCUT2D eigenvalue weighted by Crippen LogP contribution is 2.21. The fourth-order valence-corrected chi connectivity index (χ4v) is 3.27. The van der Waals surface area contributed by atoms with Crippen LogP contribution in [0, 0.1) is 0 Å². The number of amides is 2. The molecule has 0 spiro atoms. The maximum Gasteiger partial charge on any atom is 0.252 e. The second-order valence-electron chi connectivity index (χ2n) is 5.86. The van der Waals surface area contributed by atoms with Gasteiger partial charge in [0, 0.05) is 36.6 Å². The average molecular weight is 352 g/mol. The monoisotopic (exact) mass is 352 g/mol. The maximum atomic E-state index is 12.4. The van der Waals surface area contributed by atoms with Gasteiger partial charge in [-0.1, -0.05) is 30.3 Å². The van der Waals surface area contributed by atoms with Crippen LogP contribution in [0.15, 0.2) is 59.3 Å². The molecule has 1 aromatic heterocycles. The summed E-state index contributed by atoms with van der Waals surface area (Å²) in [5.74, 6) is -0.0448. The smallest absolute Gasteiger partial charge is 0.252 e. The molecule has 25 heavy (non-hydrogen) atoms. The van der Waals surface area contributed by atoms with Gasteiger partial charge in [0.2, 0.25) is 5.91 Å². The molecule has 1 N–H and O–H groups in total. The van der Waals surface area contributed by atoms with Crippen LogP contribution in [0.4, 0.5) is 5.69 Å². The first-order valence-electron chi connectivity index (χ1n) is 8.21. The summed E-state index contributed by atoms with van der Waals surface area (Å²) >= 11 is 1.49. The Kier molecular flexibility index (Phi) is 5.46. The average Bonchev–Trinajstić information content (AvgIpc) is 3.18. The Morgan fingerprint density at radius 2 is 1.88 bits per heavy atom. The van der Waals surface area contributed by atoms with Crippen LogP contribution in [0.5, 0.6) is 0 Å². The highest BCUT2D eigenvalue weighted by atomic mass is 32.1. The Morgan fingerprint density at radius 3 is 2.64 bits per heavy atom. The third kappa shape index (κ3) is 4.25. The van der Waals surface area contributed by atoms with Crippen LogP contribution in [-0.2, 0) is 4.79 Å². The predicted molar refractivity (Wildman–Crippen MR) is 103 cm³/mol. The molecule has 3 rings (SSSR count). The molecule has 1 heterocycles. The molecule has 0 bridgehead atoms. The first-order chi connectivity index (χ1) is 12.1. The largest absolute Gasteiger partial charge is 0.352 e. The number of rotatable bonds is 6. The molecule has 0 aliphatic carbocycles. The van der Waals surface area contributed by atoms with Gasteiger partial charge in [0.05, 0.1) is 0 Å². The molecule has 2 aromatic carbocycles. The van der Waals surface area contributed by atoms with Crippen LogP contribution in [0.1, 0.15) is 23.2 Å². The minimum atomic E-state index is -0.0865. The molecule has 0 radical (unpaired) electrons. The van der Waals surface area contributed by atoms with Crippen LogP contribution in [0.2, 0.25) is 0 Å². The number of fused-ring (bicyclic) bond motifs is 1. The van der Waals surface area contributed by atoms with Crippen molar-refractivity contribution in [1.82, 2.24) is 5.32 Å². The highest BCUT2D eigenvalue weighted by molar-refractivity contribution is 7.08. The van der Waals surface area contributed by atoms with E-state index in [0.717, 1.165) is 16.5 Å². The minimum Gasteiger partial charge on any atom is -0.352 e. The second-order valence-corrected chi connectivity index (χ2v) is 6.64. The van der Waals surface area contributed by atoms with Crippen molar-refractivity contribution in [2.24, 2.45) is 0 Å². The van der Waals surface area contributed by atoms with E-state index in [4.69, 9.17) is 0 Å². The van der Waals surface area contributed by atoms with E-state index < -0.39 is 0 Å². The predicted octanol–water partition coefficient (Wildman–Crippen LogP) is 4.07. The number of benzene rings is 2. The number of hydrogen-bond acceptors (Lipinski definition) is 3. The van der Waals surface area contributed by atoms with Gasteiger partial charge < -0.3 is 10.2 Å². The van der Waals surface area contributed by atoms with E-state index in [1.807, 2.05) is 47.2 Å². The lowest BCUT2D eigenvalue weighted by molar-refractivity contribution is -0.118. The van der Waals surface area contributed by atoms with E-state index in [2.05, 4.69) is 11.4 Å². The molecular formula is C20H20N2O2S. The molecule has 0 atom stereocenters. The van der Waals surface area contributed by atoms with Crippen molar-refractivity contribution in [2.75, 3.05) is 18.5 Å². The summed E-state index contributed by atoms with van der Waals surface area (Å²) < 4.78 is 0. The number of anilines is 1. The fraction of sp³-hybridized carbons (Fsp3) is 0.200. The number of thiophene rings is 1. The standard InChI is InChI=1S/C20H20N2O2S/c1-22(18-9-8-15-5-2-3-6-16(15)13-18)19(23)7-4-11-21-20(24)17-10-12-25-14-17/h2-3,5-6,8-10,12-14H,4,7,11H2,1H3,(H,21,24). The Hall–Kier alpha value is -2.66. The summed E-state index contributed by atoms with van der Waals surface area (Å²) in [5.41, 5.74) is 1.55. The normalized spacial score (nSPS) is 10.6. The van der Waals surface area contributed by atoms with Crippen molar-refractivity contribution in [1.29, 1.82) is 0 Å². The molecular weight excluding hydrogens is 332 g/mol. The lowest BCUT2D eigenvalue weighted by atomic mass is 10.1. The first kappa shape index (κ1) is 17.2. The summed E-state index contributed by atoms with van der Waals surface area (Å²) in [6, 6.07) is 15.9. The molecule has 2 amide bonds. The van der Waals surface area contributed by atoms with Gasteiger partial charge in [-0.15, -0.1) is 0 Å². The quantitative estimate of drug-likeness (QED) is 0.680. The van der Waals surface area contributed by atoms with Crippen LogP contribution in [0.25, 0.3) is 10.8 Å². The molecule has 0 fully saturated rings. The van der Waals surface area contributed by atoms with E-state index in [9.17, 15) is 9.59 Å². The topological polar surface area (TPSA) is 49.4 Å². The molecule has 0 saturated heterocycles. The molecule has 0 aliphatic rings. The molecule has 128 valence electrons. The lowest BCUT2D eigenvalue weighted by Gasteiger charge is -2.18. The van der Waals surface area contributed by atoms with Gasteiger partial charge in [-0.25, -0.2) is 0 Å². The fourth-order valence-electron chi connectivity index (χ4n) is 2.63. The number of nitrogens with one attached hydrogen (secondary N) is 1. The van der Waals surface area contributed by atoms with Crippen molar-refractivity contribution in [3.05, 3.63) is 64.9 Å². The van der Waals surface area contributed by atoms with E-state index in [1.54, 1.807) is 18.0 Å². The number of carbonyl (C=O) groups is 2. The van der Waals surface area contributed by atoms with Crippen molar-refractivity contribution >= 4 is 39.6 Å². The SMILES string of the molecule is CN(C(=O)CCCNC(=O)c1ccsc1)c1ccc2ccccc2c1. The Bertz CT molecular complexity index is 874. The zero-order chi connectivity index (χ0) is 17.6. The summed E-state index contributed by atoms with van der Waals surface area (Å²) in [6.45, 7) is 0.492. The molecule has 0 saturated carbocycles. The number of nitrogens with zero attached hydrogens (tertiary/aromatic N) is 1.